The summed E-state index contributed by atoms with van der Waals surface area (Å²) >= 11 is 0. The Balaban J connectivity index is 2.26. The number of nitrogens with one attached hydrogen (secondary N) is 1. The lowest BCUT2D eigenvalue weighted by molar-refractivity contribution is 0.494. The molecule has 0 aliphatic heterocycles. The van der Waals surface area contributed by atoms with Gasteiger partial charge in [0.1, 0.15) is 18.0 Å². The zero-order valence-electron chi connectivity index (χ0n) is 12.9. The maximum atomic E-state index is 13.6. The van der Waals surface area contributed by atoms with Crippen LogP contribution in [0.15, 0.2) is 24.5 Å². The molecule has 114 valence electrons. The first-order valence-electron chi connectivity index (χ1n) is 7.51. The summed E-state index contributed by atoms with van der Waals surface area (Å²) in [4.78, 5) is 4.35. The van der Waals surface area contributed by atoms with Gasteiger partial charge in [-0.1, -0.05) is 19.9 Å². The fourth-order valence-electron chi connectivity index (χ4n) is 2.55. The van der Waals surface area contributed by atoms with Crippen LogP contribution in [0.2, 0.25) is 0 Å². The highest BCUT2D eigenvalue weighted by atomic mass is 19.1. The van der Waals surface area contributed by atoms with Crippen molar-refractivity contribution in [1.29, 1.82) is 0 Å². The van der Waals surface area contributed by atoms with Crippen molar-refractivity contribution in [3.8, 4) is 0 Å². The highest BCUT2D eigenvalue weighted by molar-refractivity contribution is 5.30. The van der Waals surface area contributed by atoms with Crippen LogP contribution in [0.5, 0.6) is 0 Å². The monoisotopic (exact) mass is 290 g/mol. The Bertz CT molecular complexity index is 579. The predicted molar refractivity (Wildman–Crippen MR) is 81.6 cm³/mol. The summed E-state index contributed by atoms with van der Waals surface area (Å²) in [6.07, 6.45) is 3.31. The second-order valence-corrected chi connectivity index (χ2v) is 5.21. The van der Waals surface area contributed by atoms with Gasteiger partial charge in [-0.2, -0.15) is 5.10 Å². The van der Waals surface area contributed by atoms with Crippen LogP contribution < -0.4 is 5.32 Å². The van der Waals surface area contributed by atoms with Crippen LogP contribution in [0.4, 0.5) is 4.39 Å². The van der Waals surface area contributed by atoms with E-state index in [4.69, 9.17) is 0 Å². The molecule has 1 unspecified atom stereocenters. The number of aryl methyl sites for hydroxylation is 2. The van der Waals surface area contributed by atoms with Crippen LogP contribution in [0.1, 0.15) is 43.3 Å². The minimum absolute atomic E-state index is 0.0468. The molecule has 4 nitrogen and oxygen atoms in total. The molecule has 0 amide bonds. The van der Waals surface area contributed by atoms with Crippen LogP contribution in [-0.4, -0.2) is 21.3 Å². The Morgan fingerprint density at radius 2 is 2.14 bits per heavy atom. The Labute approximate surface area is 125 Å². The molecule has 0 aliphatic rings. The summed E-state index contributed by atoms with van der Waals surface area (Å²) in [7, 11) is 0. The Morgan fingerprint density at radius 3 is 2.86 bits per heavy atom. The van der Waals surface area contributed by atoms with Gasteiger partial charge in [-0.15, -0.1) is 0 Å². The number of aromatic nitrogens is 3. The molecule has 21 heavy (non-hydrogen) atoms. The topological polar surface area (TPSA) is 42.7 Å². The second kappa shape index (κ2) is 7.31. The van der Waals surface area contributed by atoms with E-state index in [9.17, 15) is 4.39 Å². The van der Waals surface area contributed by atoms with Crippen molar-refractivity contribution in [1.82, 2.24) is 20.1 Å². The number of benzene rings is 1. The lowest BCUT2D eigenvalue weighted by Crippen LogP contribution is -2.25. The normalized spacial score (nSPS) is 12.6. The first-order chi connectivity index (χ1) is 10.2. The van der Waals surface area contributed by atoms with Crippen molar-refractivity contribution in [2.75, 3.05) is 6.54 Å². The van der Waals surface area contributed by atoms with Crippen LogP contribution in [-0.2, 0) is 13.0 Å². The molecule has 1 aromatic heterocycles. The molecule has 0 spiro atoms. The smallest absolute Gasteiger partial charge is 0.138 e. The molecule has 0 fully saturated rings. The van der Waals surface area contributed by atoms with E-state index in [0.29, 0.717) is 6.42 Å². The van der Waals surface area contributed by atoms with Crippen molar-refractivity contribution in [3.05, 3.63) is 47.3 Å². The average Bonchev–Trinajstić information content (AvgIpc) is 2.89. The molecule has 0 radical (unpaired) electrons. The Hall–Kier alpha value is -1.75. The van der Waals surface area contributed by atoms with E-state index in [-0.39, 0.29) is 11.9 Å². The lowest BCUT2D eigenvalue weighted by Gasteiger charge is -2.20. The lowest BCUT2D eigenvalue weighted by atomic mass is 9.98. The summed E-state index contributed by atoms with van der Waals surface area (Å²) in [6, 6.07) is 4.99. The summed E-state index contributed by atoms with van der Waals surface area (Å²) < 4.78 is 15.5. The van der Waals surface area contributed by atoms with E-state index in [2.05, 4.69) is 29.2 Å². The zero-order chi connectivity index (χ0) is 15.2. The van der Waals surface area contributed by atoms with Gasteiger partial charge in [0.2, 0.25) is 0 Å². The molecular formula is C16H23FN4. The summed E-state index contributed by atoms with van der Waals surface area (Å²) in [5.41, 5.74) is 2.08. The van der Waals surface area contributed by atoms with E-state index in [1.165, 1.54) is 6.07 Å². The number of rotatable bonds is 7. The molecule has 1 aromatic carbocycles. The molecule has 0 saturated heterocycles. The molecular weight excluding hydrogens is 267 g/mol. The van der Waals surface area contributed by atoms with Crippen molar-refractivity contribution in [2.45, 2.75) is 46.2 Å². The van der Waals surface area contributed by atoms with E-state index in [0.717, 1.165) is 36.5 Å². The van der Waals surface area contributed by atoms with E-state index in [1.807, 2.05) is 17.7 Å². The molecule has 2 aromatic rings. The third kappa shape index (κ3) is 3.88. The average molecular weight is 290 g/mol. The van der Waals surface area contributed by atoms with Gasteiger partial charge in [-0.05, 0) is 43.1 Å². The second-order valence-electron chi connectivity index (χ2n) is 5.21. The fourth-order valence-corrected chi connectivity index (χ4v) is 2.55. The molecule has 1 heterocycles. The zero-order valence-corrected chi connectivity index (χ0v) is 12.9. The molecule has 1 atom stereocenters. The Kier molecular flexibility index (Phi) is 5.44. The molecule has 0 saturated carbocycles. The van der Waals surface area contributed by atoms with Crippen LogP contribution in [0.25, 0.3) is 0 Å². The quantitative estimate of drug-likeness (QED) is 0.852. The van der Waals surface area contributed by atoms with Crippen LogP contribution in [0, 0.1) is 12.7 Å². The van der Waals surface area contributed by atoms with Crippen molar-refractivity contribution >= 4 is 0 Å². The summed E-state index contributed by atoms with van der Waals surface area (Å²) in [5, 5.41) is 7.68. The van der Waals surface area contributed by atoms with Gasteiger partial charge in [0.15, 0.2) is 0 Å². The molecule has 2 rings (SSSR count). The molecule has 1 N–H and O–H groups in total. The maximum absolute atomic E-state index is 13.6. The van der Waals surface area contributed by atoms with Crippen LogP contribution >= 0.6 is 0 Å². The molecule has 5 heteroatoms. The first kappa shape index (κ1) is 15.6. The fraction of sp³-hybridized carbons (Fsp3) is 0.500. The number of nitrogens with zero attached hydrogens (tertiary/aromatic N) is 3. The van der Waals surface area contributed by atoms with Crippen molar-refractivity contribution < 1.29 is 4.39 Å². The number of likely N-dealkylation sites (N-methyl/N-ethyl adjacent to an activating group) is 1. The van der Waals surface area contributed by atoms with Gasteiger partial charge in [0.05, 0.1) is 0 Å². The van der Waals surface area contributed by atoms with Crippen molar-refractivity contribution in [3.63, 3.8) is 0 Å². The van der Waals surface area contributed by atoms with Gasteiger partial charge in [0, 0.05) is 19.0 Å². The summed E-state index contributed by atoms with van der Waals surface area (Å²) in [6.45, 7) is 7.86. The third-order valence-electron chi connectivity index (χ3n) is 3.59. The largest absolute Gasteiger partial charge is 0.310 e. The van der Waals surface area contributed by atoms with Gasteiger partial charge in [0.25, 0.3) is 0 Å². The van der Waals surface area contributed by atoms with E-state index in [1.54, 1.807) is 12.4 Å². The minimum atomic E-state index is -0.200. The summed E-state index contributed by atoms with van der Waals surface area (Å²) in [5.74, 6) is 0.736. The SMILES string of the molecule is CCCn1ncnc1CC(NCC)c1cc(F)ccc1C. The first-order valence-corrected chi connectivity index (χ1v) is 7.51. The Morgan fingerprint density at radius 1 is 1.33 bits per heavy atom. The number of halogens is 1. The highest BCUT2D eigenvalue weighted by Crippen LogP contribution is 2.22. The van der Waals surface area contributed by atoms with Gasteiger partial charge >= 0.3 is 0 Å². The van der Waals surface area contributed by atoms with Gasteiger partial charge in [-0.25, -0.2) is 9.37 Å². The van der Waals surface area contributed by atoms with E-state index < -0.39 is 0 Å². The molecule has 0 bridgehead atoms. The number of hydrogen-bond donors (Lipinski definition) is 1. The molecule has 0 aliphatic carbocycles. The minimum Gasteiger partial charge on any atom is -0.310 e. The number of hydrogen-bond acceptors (Lipinski definition) is 3. The predicted octanol–water partition coefficient (Wildman–Crippen LogP) is 3.03. The van der Waals surface area contributed by atoms with Gasteiger partial charge in [-0.3, -0.25) is 4.68 Å². The standard InChI is InChI=1S/C16H23FN4/c1-4-8-21-16(19-11-20-21)10-15(18-5-2)14-9-13(17)7-6-12(14)3/h6-7,9,11,15,18H,4-5,8,10H2,1-3H3. The van der Waals surface area contributed by atoms with E-state index >= 15 is 0 Å². The highest BCUT2D eigenvalue weighted by Gasteiger charge is 2.17. The van der Waals surface area contributed by atoms with Crippen LogP contribution in [0.3, 0.4) is 0 Å². The van der Waals surface area contributed by atoms with Gasteiger partial charge < -0.3 is 5.32 Å². The van der Waals surface area contributed by atoms with Crippen molar-refractivity contribution in [2.24, 2.45) is 0 Å². The maximum Gasteiger partial charge on any atom is 0.138 e. The third-order valence-corrected chi connectivity index (χ3v) is 3.59.